The lowest BCUT2D eigenvalue weighted by atomic mass is 10.1. The molecule has 0 radical (unpaired) electrons. The van der Waals surface area contributed by atoms with Crippen LogP contribution < -0.4 is 10.5 Å². The highest BCUT2D eigenvalue weighted by Gasteiger charge is 2.16. The standard InChI is InChI=1S/C21H23N5O3/c1-3-26-17(9-12(2)25-26)16-6-5-14-15-10-13(20(22)28)11-18(29-8-4-7-27)19(15)24-21(14)23-16/h5-6,9-11,27H,3-4,7-8H2,1-2H3,(H2,22,28)(H,23,24). The molecular weight excluding hydrogens is 370 g/mol. The molecule has 150 valence electrons. The number of aromatic nitrogens is 4. The van der Waals surface area contributed by atoms with E-state index in [-0.39, 0.29) is 6.61 Å². The molecule has 4 rings (SSSR count). The van der Waals surface area contributed by atoms with Gasteiger partial charge in [0, 0.05) is 35.9 Å². The van der Waals surface area contributed by atoms with E-state index in [4.69, 9.17) is 20.6 Å². The normalized spacial score (nSPS) is 11.4. The van der Waals surface area contributed by atoms with Crippen LogP contribution in [0, 0.1) is 6.92 Å². The van der Waals surface area contributed by atoms with Gasteiger partial charge in [-0.3, -0.25) is 9.48 Å². The molecule has 0 saturated carbocycles. The molecule has 8 nitrogen and oxygen atoms in total. The lowest BCUT2D eigenvalue weighted by Crippen LogP contribution is -2.11. The van der Waals surface area contributed by atoms with Crippen molar-refractivity contribution in [3.63, 3.8) is 0 Å². The van der Waals surface area contributed by atoms with Crippen molar-refractivity contribution in [3.8, 4) is 17.1 Å². The van der Waals surface area contributed by atoms with E-state index in [1.807, 2.05) is 36.7 Å². The van der Waals surface area contributed by atoms with Crippen LogP contribution in [0.2, 0.25) is 0 Å². The second-order valence-electron chi connectivity index (χ2n) is 6.89. The Balaban J connectivity index is 1.88. The summed E-state index contributed by atoms with van der Waals surface area (Å²) in [4.78, 5) is 19.9. The number of benzene rings is 1. The predicted octanol–water partition coefficient (Wildman–Crippen LogP) is 2.77. The van der Waals surface area contributed by atoms with Gasteiger partial charge in [0.1, 0.15) is 11.4 Å². The Kier molecular flexibility index (Phi) is 4.94. The predicted molar refractivity (Wildman–Crippen MR) is 111 cm³/mol. The molecule has 1 aromatic carbocycles. The van der Waals surface area contributed by atoms with Gasteiger partial charge in [-0.05, 0) is 44.2 Å². The highest BCUT2D eigenvalue weighted by Crippen LogP contribution is 2.34. The summed E-state index contributed by atoms with van der Waals surface area (Å²) in [6, 6.07) is 9.29. The molecule has 3 aromatic heterocycles. The molecule has 29 heavy (non-hydrogen) atoms. The maximum atomic E-state index is 11.8. The number of rotatable bonds is 7. The van der Waals surface area contributed by atoms with Crippen molar-refractivity contribution >= 4 is 27.8 Å². The third kappa shape index (κ3) is 3.42. The van der Waals surface area contributed by atoms with Gasteiger partial charge >= 0.3 is 0 Å². The number of aromatic amines is 1. The Labute approximate surface area is 167 Å². The lowest BCUT2D eigenvalue weighted by molar-refractivity contribution is 0.1000. The SMILES string of the molecule is CCn1nc(C)cc1-c1ccc2c(n1)[nH]c1c(OCCCO)cc(C(N)=O)cc12. The van der Waals surface area contributed by atoms with Crippen LogP contribution in [-0.2, 0) is 6.54 Å². The molecule has 0 unspecified atom stereocenters. The minimum absolute atomic E-state index is 0.0286. The summed E-state index contributed by atoms with van der Waals surface area (Å²) in [7, 11) is 0. The van der Waals surface area contributed by atoms with Crippen molar-refractivity contribution < 1.29 is 14.6 Å². The number of pyridine rings is 1. The van der Waals surface area contributed by atoms with Crippen LogP contribution in [0.3, 0.4) is 0 Å². The van der Waals surface area contributed by atoms with Crippen molar-refractivity contribution in [2.24, 2.45) is 5.73 Å². The molecule has 8 heteroatoms. The summed E-state index contributed by atoms with van der Waals surface area (Å²) in [5, 5.41) is 15.2. The first-order valence-electron chi connectivity index (χ1n) is 9.56. The van der Waals surface area contributed by atoms with Gasteiger partial charge in [-0.2, -0.15) is 5.10 Å². The lowest BCUT2D eigenvalue weighted by Gasteiger charge is -2.08. The minimum atomic E-state index is -0.528. The Morgan fingerprint density at radius 3 is 2.83 bits per heavy atom. The number of H-pyrrole nitrogens is 1. The number of nitrogens with zero attached hydrogens (tertiary/aromatic N) is 3. The number of primary amides is 1. The van der Waals surface area contributed by atoms with Gasteiger partial charge in [0.2, 0.25) is 5.91 Å². The molecule has 3 heterocycles. The number of amides is 1. The number of nitrogens with one attached hydrogen (secondary N) is 1. The quantitative estimate of drug-likeness (QED) is 0.417. The largest absolute Gasteiger partial charge is 0.491 e. The van der Waals surface area contributed by atoms with Crippen molar-refractivity contribution in [2.45, 2.75) is 26.8 Å². The van der Waals surface area contributed by atoms with Crippen LogP contribution in [0.1, 0.15) is 29.4 Å². The van der Waals surface area contributed by atoms with E-state index < -0.39 is 5.91 Å². The average molecular weight is 393 g/mol. The Morgan fingerprint density at radius 1 is 1.28 bits per heavy atom. The first kappa shape index (κ1) is 18.9. The molecule has 0 aliphatic carbocycles. The second-order valence-corrected chi connectivity index (χ2v) is 6.89. The van der Waals surface area contributed by atoms with E-state index in [1.54, 1.807) is 12.1 Å². The van der Waals surface area contributed by atoms with Crippen LogP contribution in [0.5, 0.6) is 5.75 Å². The maximum absolute atomic E-state index is 11.8. The Morgan fingerprint density at radius 2 is 2.10 bits per heavy atom. The molecule has 0 aliphatic rings. The summed E-state index contributed by atoms with van der Waals surface area (Å²) in [6.07, 6.45) is 0.491. The second kappa shape index (κ2) is 7.56. The van der Waals surface area contributed by atoms with E-state index in [9.17, 15) is 4.79 Å². The Hall–Kier alpha value is -3.39. The zero-order chi connectivity index (χ0) is 20.5. The van der Waals surface area contributed by atoms with Crippen molar-refractivity contribution in [1.29, 1.82) is 0 Å². The highest BCUT2D eigenvalue weighted by molar-refractivity contribution is 6.11. The molecule has 4 aromatic rings. The third-order valence-corrected chi connectivity index (χ3v) is 4.84. The van der Waals surface area contributed by atoms with E-state index >= 15 is 0 Å². The van der Waals surface area contributed by atoms with Crippen LogP contribution in [0.15, 0.2) is 30.3 Å². The molecule has 1 amide bonds. The summed E-state index contributed by atoms with van der Waals surface area (Å²) in [6.45, 7) is 5.11. The van der Waals surface area contributed by atoms with E-state index in [0.29, 0.717) is 30.0 Å². The fourth-order valence-corrected chi connectivity index (χ4v) is 3.49. The molecule has 0 atom stereocenters. The number of hydrogen-bond acceptors (Lipinski definition) is 5. The van der Waals surface area contributed by atoms with E-state index in [1.165, 1.54) is 0 Å². The number of aliphatic hydroxyl groups is 1. The van der Waals surface area contributed by atoms with Gasteiger partial charge in [0.15, 0.2) is 0 Å². The number of hydrogen-bond donors (Lipinski definition) is 3. The van der Waals surface area contributed by atoms with Crippen molar-refractivity contribution in [3.05, 3.63) is 41.6 Å². The molecule has 0 fully saturated rings. The summed E-state index contributed by atoms with van der Waals surface area (Å²) < 4.78 is 7.71. The van der Waals surface area contributed by atoms with Crippen LogP contribution in [0.25, 0.3) is 33.3 Å². The molecule has 0 bridgehead atoms. The first-order chi connectivity index (χ1) is 14.0. The minimum Gasteiger partial charge on any atom is -0.491 e. The van der Waals surface area contributed by atoms with E-state index in [0.717, 1.165) is 39.9 Å². The first-order valence-corrected chi connectivity index (χ1v) is 9.56. The summed E-state index contributed by atoms with van der Waals surface area (Å²) >= 11 is 0. The topological polar surface area (TPSA) is 119 Å². The number of carbonyl (C=O) groups is 1. The maximum Gasteiger partial charge on any atom is 0.248 e. The van der Waals surface area contributed by atoms with Gasteiger partial charge in [-0.15, -0.1) is 0 Å². The molecule has 0 aliphatic heterocycles. The zero-order valence-corrected chi connectivity index (χ0v) is 16.4. The zero-order valence-electron chi connectivity index (χ0n) is 16.4. The van der Waals surface area contributed by atoms with Crippen LogP contribution in [-0.4, -0.2) is 44.0 Å². The fraction of sp³-hybridized carbons (Fsp3) is 0.286. The number of carbonyl (C=O) groups excluding carboxylic acids is 1. The third-order valence-electron chi connectivity index (χ3n) is 4.84. The van der Waals surface area contributed by atoms with Crippen LogP contribution >= 0.6 is 0 Å². The monoisotopic (exact) mass is 393 g/mol. The van der Waals surface area contributed by atoms with Crippen LogP contribution in [0.4, 0.5) is 0 Å². The van der Waals surface area contributed by atoms with Gasteiger partial charge in [-0.1, -0.05) is 0 Å². The fourth-order valence-electron chi connectivity index (χ4n) is 3.49. The van der Waals surface area contributed by atoms with E-state index in [2.05, 4.69) is 10.1 Å². The van der Waals surface area contributed by atoms with Crippen molar-refractivity contribution in [1.82, 2.24) is 19.7 Å². The number of ether oxygens (including phenoxy) is 1. The average Bonchev–Trinajstić information content (AvgIpc) is 3.27. The van der Waals surface area contributed by atoms with Gasteiger partial charge < -0.3 is 20.6 Å². The smallest absolute Gasteiger partial charge is 0.248 e. The van der Waals surface area contributed by atoms with Gasteiger partial charge in [0.25, 0.3) is 0 Å². The van der Waals surface area contributed by atoms with Gasteiger partial charge in [0.05, 0.1) is 29.2 Å². The molecule has 0 spiro atoms. The molecular formula is C21H23N5O3. The molecule has 4 N–H and O–H groups in total. The molecule has 0 saturated heterocycles. The number of nitrogens with two attached hydrogens (primary N) is 1. The number of aliphatic hydroxyl groups excluding tert-OH is 1. The number of fused-ring (bicyclic) bond motifs is 3. The van der Waals surface area contributed by atoms with Gasteiger partial charge in [-0.25, -0.2) is 4.98 Å². The summed E-state index contributed by atoms with van der Waals surface area (Å²) in [5.41, 5.74) is 9.99. The number of aryl methyl sites for hydroxylation is 2. The Bertz CT molecular complexity index is 1210. The van der Waals surface area contributed by atoms with Crippen molar-refractivity contribution in [2.75, 3.05) is 13.2 Å². The summed E-state index contributed by atoms with van der Waals surface area (Å²) in [5.74, 6) is -0.0149. The highest BCUT2D eigenvalue weighted by atomic mass is 16.5.